The van der Waals surface area contributed by atoms with Crippen molar-refractivity contribution in [1.82, 2.24) is 20.9 Å². The summed E-state index contributed by atoms with van der Waals surface area (Å²) in [5.74, 6) is 1.81. The number of piperidine rings is 1. The Hall–Kier alpha value is -1.78. The third-order valence-electron chi connectivity index (χ3n) is 5.15. The van der Waals surface area contributed by atoms with E-state index in [1.165, 1.54) is 5.56 Å². The summed E-state index contributed by atoms with van der Waals surface area (Å²) in [6, 6.07) is 4.54. The minimum atomic E-state index is -0.505. The van der Waals surface area contributed by atoms with Gasteiger partial charge in [-0.3, -0.25) is 4.99 Å². The summed E-state index contributed by atoms with van der Waals surface area (Å²) in [5.41, 5.74) is 0.673. The Balaban J connectivity index is 0.00000512. The summed E-state index contributed by atoms with van der Waals surface area (Å²) >= 11 is 0. The highest BCUT2D eigenvalue weighted by Crippen LogP contribution is 2.18. The van der Waals surface area contributed by atoms with Gasteiger partial charge in [-0.1, -0.05) is 19.4 Å². The molecule has 1 saturated heterocycles. The molecule has 1 unspecified atom stereocenters. The predicted molar refractivity (Wildman–Crippen MR) is 142 cm³/mol. The number of aromatic nitrogens is 1. The Labute approximate surface area is 210 Å². The number of rotatable bonds is 7. The molecular formula is C23H41IN6O2. The predicted octanol–water partition coefficient (Wildman–Crippen LogP) is 3.84. The lowest BCUT2D eigenvalue weighted by molar-refractivity contribution is 0.0502. The van der Waals surface area contributed by atoms with Crippen molar-refractivity contribution in [2.24, 2.45) is 4.99 Å². The lowest BCUT2D eigenvalue weighted by Gasteiger charge is -2.34. The molecule has 1 aliphatic rings. The van der Waals surface area contributed by atoms with Crippen LogP contribution in [0.3, 0.4) is 0 Å². The van der Waals surface area contributed by atoms with Crippen LogP contribution in [0.25, 0.3) is 0 Å². The van der Waals surface area contributed by atoms with E-state index in [2.05, 4.69) is 56.8 Å². The highest BCUT2D eigenvalue weighted by molar-refractivity contribution is 14.0. The van der Waals surface area contributed by atoms with Crippen molar-refractivity contribution in [1.29, 1.82) is 0 Å². The van der Waals surface area contributed by atoms with Crippen molar-refractivity contribution < 1.29 is 9.53 Å². The Morgan fingerprint density at radius 1 is 1.31 bits per heavy atom. The number of halogens is 1. The van der Waals surface area contributed by atoms with Gasteiger partial charge >= 0.3 is 6.09 Å². The van der Waals surface area contributed by atoms with E-state index in [4.69, 9.17) is 4.74 Å². The standard InChI is InChI=1S/C23H40N6O2.HI/c1-7-8-19(28-22(30)31-23(3,4)5)16-26-21(24-6)27-18-11-13-29(14-12-18)20-10-9-17(2)15-25-20;/h9-10,15,18-19H,7-8,11-14,16H2,1-6H3,(H,28,30)(H2,24,26,27);1H. The number of carbonyl (C=O) groups is 1. The lowest BCUT2D eigenvalue weighted by atomic mass is 10.1. The SMILES string of the molecule is CCCC(CNC(=NC)NC1CCN(c2ccc(C)cn2)CC1)NC(=O)OC(C)(C)C.I. The van der Waals surface area contributed by atoms with Gasteiger partial charge in [0.05, 0.1) is 0 Å². The Morgan fingerprint density at radius 3 is 2.53 bits per heavy atom. The van der Waals surface area contributed by atoms with Gasteiger partial charge < -0.3 is 25.6 Å². The maximum absolute atomic E-state index is 12.1. The molecule has 1 amide bonds. The molecule has 2 rings (SSSR count). The van der Waals surface area contributed by atoms with Gasteiger partial charge in [0, 0.05) is 45.0 Å². The van der Waals surface area contributed by atoms with Gasteiger partial charge in [-0.05, 0) is 58.6 Å². The van der Waals surface area contributed by atoms with Gasteiger partial charge in [0.25, 0.3) is 0 Å². The number of amides is 1. The second-order valence-electron chi connectivity index (χ2n) is 9.18. The second-order valence-corrected chi connectivity index (χ2v) is 9.18. The number of aliphatic imine (C=N–C) groups is 1. The van der Waals surface area contributed by atoms with Gasteiger partial charge in [0.2, 0.25) is 0 Å². The van der Waals surface area contributed by atoms with Crippen molar-refractivity contribution in [2.75, 3.05) is 31.6 Å². The van der Waals surface area contributed by atoms with Crippen LogP contribution in [0.15, 0.2) is 23.3 Å². The summed E-state index contributed by atoms with van der Waals surface area (Å²) in [5, 5.41) is 9.85. The monoisotopic (exact) mass is 560 g/mol. The average molecular weight is 561 g/mol. The summed E-state index contributed by atoms with van der Waals surface area (Å²) in [4.78, 5) is 23.4. The fourth-order valence-corrected chi connectivity index (χ4v) is 3.56. The van der Waals surface area contributed by atoms with Gasteiger partial charge in [0.1, 0.15) is 11.4 Å². The molecule has 1 aromatic rings. The molecule has 2 heterocycles. The summed E-state index contributed by atoms with van der Waals surface area (Å²) in [7, 11) is 1.77. The Bertz CT molecular complexity index is 712. The molecule has 0 radical (unpaired) electrons. The summed E-state index contributed by atoms with van der Waals surface area (Å²) < 4.78 is 5.39. The van der Waals surface area contributed by atoms with Crippen LogP contribution >= 0.6 is 24.0 Å². The van der Waals surface area contributed by atoms with Crippen molar-refractivity contribution in [3.63, 3.8) is 0 Å². The molecule has 8 nitrogen and oxygen atoms in total. The first-order valence-electron chi connectivity index (χ1n) is 11.3. The van der Waals surface area contributed by atoms with Crippen molar-refractivity contribution in [2.45, 2.75) is 78.0 Å². The number of alkyl carbamates (subject to hydrolysis) is 1. The molecule has 3 N–H and O–H groups in total. The van der Waals surface area contributed by atoms with E-state index < -0.39 is 5.60 Å². The number of ether oxygens (including phenoxy) is 1. The molecule has 1 aliphatic heterocycles. The van der Waals surface area contributed by atoms with Gasteiger partial charge in [-0.2, -0.15) is 0 Å². The Kier molecular flexibility index (Phi) is 12.1. The lowest BCUT2D eigenvalue weighted by Crippen LogP contribution is -2.52. The smallest absolute Gasteiger partial charge is 0.407 e. The zero-order chi connectivity index (χ0) is 22.9. The first kappa shape index (κ1) is 28.3. The van der Waals surface area contributed by atoms with Crippen LogP contribution in [0.2, 0.25) is 0 Å². The number of guanidine groups is 1. The topological polar surface area (TPSA) is 90.9 Å². The van der Waals surface area contributed by atoms with E-state index in [1.54, 1.807) is 7.05 Å². The first-order chi connectivity index (χ1) is 14.7. The van der Waals surface area contributed by atoms with Gasteiger partial charge in [-0.15, -0.1) is 24.0 Å². The van der Waals surface area contributed by atoms with E-state index in [0.717, 1.165) is 50.6 Å². The zero-order valence-corrected chi connectivity index (χ0v) is 22.7. The zero-order valence-electron chi connectivity index (χ0n) is 20.4. The van der Waals surface area contributed by atoms with Crippen molar-refractivity contribution in [3.05, 3.63) is 23.9 Å². The van der Waals surface area contributed by atoms with E-state index in [9.17, 15) is 4.79 Å². The molecule has 1 fully saturated rings. The number of hydrogen-bond acceptors (Lipinski definition) is 5. The average Bonchev–Trinajstić information content (AvgIpc) is 2.71. The van der Waals surface area contributed by atoms with Crippen LogP contribution in [0, 0.1) is 6.92 Å². The molecule has 0 aromatic carbocycles. The number of aryl methyl sites for hydroxylation is 1. The molecule has 182 valence electrons. The molecule has 32 heavy (non-hydrogen) atoms. The second kappa shape index (κ2) is 13.7. The maximum atomic E-state index is 12.1. The van der Waals surface area contributed by atoms with Crippen molar-refractivity contribution >= 4 is 41.8 Å². The normalized spacial score (nSPS) is 16.1. The third kappa shape index (κ3) is 10.2. The number of carbonyl (C=O) groups excluding carboxylic acids is 1. The van der Waals surface area contributed by atoms with Gasteiger partial charge in [0.15, 0.2) is 5.96 Å². The molecule has 0 spiro atoms. The van der Waals surface area contributed by atoms with Gasteiger partial charge in [-0.25, -0.2) is 9.78 Å². The van der Waals surface area contributed by atoms with E-state index >= 15 is 0 Å². The highest BCUT2D eigenvalue weighted by atomic mass is 127. The molecule has 9 heteroatoms. The summed E-state index contributed by atoms with van der Waals surface area (Å²) in [6.45, 7) is 12.3. The molecule has 0 saturated carbocycles. The van der Waals surface area contributed by atoms with E-state index in [0.29, 0.717) is 12.6 Å². The summed E-state index contributed by atoms with van der Waals surface area (Å²) in [6.07, 6.45) is 5.41. The van der Waals surface area contributed by atoms with Crippen LogP contribution in [0.1, 0.15) is 58.9 Å². The number of nitrogens with one attached hydrogen (secondary N) is 3. The van der Waals surface area contributed by atoms with Crippen LogP contribution in [-0.2, 0) is 4.74 Å². The molecule has 0 bridgehead atoms. The van der Waals surface area contributed by atoms with Crippen LogP contribution < -0.4 is 20.9 Å². The van der Waals surface area contributed by atoms with Crippen molar-refractivity contribution in [3.8, 4) is 0 Å². The number of hydrogen-bond donors (Lipinski definition) is 3. The van der Waals surface area contributed by atoms with Crippen LogP contribution in [-0.4, -0.2) is 61.4 Å². The largest absolute Gasteiger partial charge is 0.444 e. The third-order valence-corrected chi connectivity index (χ3v) is 5.15. The van der Waals surface area contributed by atoms with E-state index in [-0.39, 0.29) is 36.1 Å². The highest BCUT2D eigenvalue weighted by Gasteiger charge is 2.22. The minimum Gasteiger partial charge on any atom is -0.444 e. The fraction of sp³-hybridized carbons (Fsp3) is 0.696. The molecule has 0 aliphatic carbocycles. The fourth-order valence-electron chi connectivity index (χ4n) is 3.56. The minimum absolute atomic E-state index is 0. The molecule has 1 atom stereocenters. The van der Waals surface area contributed by atoms with Crippen LogP contribution in [0.4, 0.5) is 10.6 Å². The number of anilines is 1. The number of pyridine rings is 1. The quantitative estimate of drug-likeness (QED) is 0.267. The molecule has 1 aromatic heterocycles. The Morgan fingerprint density at radius 2 is 2.00 bits per heavy atom. The van der Waals surface area contributed by atoms with Crippen LogP contribution in [0.5, 0.6) is 0 Å². The maximum Gasteiger partial charge on any atom is 0.407 e. The van der Waals surface area contributed by atoms with E-state index in [1.807, 2.05) is 27.0 Å². The number of nitrogens with zero attached hydrogens (tertiary/aromatic N) is 3. The first-order valence-corrected chi connectivity index (χ1v) is 11.3. The molecular weight excluding hydrogens is 519 g/mol.